The van der Waals surface area contributed by atoms with Gasteiger partial charge in [-0.05, 0) is 12.8 Å². The summed E-state index contributed by atoms with van der Waals surface area (Å²) in [5.41, 5.74) is 9.95. The first-order chi connectivity index (χ1) is 8.98. The Bertz CT molecular complexity index is 488. The molecule has 0 spiro atoms. The number of rotatable bonds is 1. The van der Waals surface area contributed by atoms with Gasteiger partial charge in [-0.1, -0.05) is 22.6 Å². The fraction of sp³-hybridized carbons (Fsp3) is 0.636. The number of nitrogens with two attached hydrogens (primary N) is 1. The fourth-order valence-electron chi connectivity index (χ4n) is 2.64. The number of nitrogens with zero attached hydrogens (tertiary/aromatic N) is 3. The van der Waals surface area contributed by atoms with Gasteiger partial charge in [0.25, 0.3) is 0 Å². The Labute approximate surface area is 123 Å². The minimum absolute atomic E-state index is 0.0174. The predicted octanol–water partition coefficient (Wildman–Crippen LogP) is 2.39. The van der Waals surface area contributed by atoms with E-state index in [0.29, 0.717) is 18.7 Å². The number of anilines is 2. The van der Waals surface area contributed by atoms with Crippen LogP contribution in [-0.2, 0) is 0 Å². The van der Waals surface area contributed by atoms with Gasteiger partial charge in [-0.15, -0.1) is 0 Å². The zero-order valence-corrected chi connectivity index (χ0v) is 12.3. The van der Waals surface area contributed by atoms with Gasteiger partial charge in [-0.3, -0.25) is 5.01 Å². The number of alkyl halides is 3. The number of fused-ring (bicyclic) bond motifs is 1. The Kier molecular flexibility index (Phi) is 3.24. The summed E-state index contributed by atoms with van der Waals surface area (Å²) >= 11 is 2.21. The standard InChI is InChI=1S/C11H14F2IN5/c12-11(13)3-1-6(2-4-11)19-10-7(8(14)18-19)9(15)16-5-17-10/h5-6,8,18H,1-4H2,(H2,15,16,17). The van der Waals surface area contributed by atoms with Crippen LogP contribution in [0.5, 0.6) is 0 Å². The second kappa shape index (κ2) is 4.65. The quantitative estimate of drug-likeness (QED) is 0.444. The average Bonchev–Trinajstić information content (AvgIpc) is 2.68. The molecule has 0 radical (unpaired) electrons. The van der Waals surface area contributed by atoms with Crippen LogP contribution in [0.3, 0.4) is 0 Å². The molecule has 1 unspecified atom stereocenters. The molecule has 1 aromatic heterocycles. The lowest BCUT2D eigenvalue weighted by molar-refractivity contribution is -0.0386. The summed E-state index contributed by atoms with van der Waals surface area (Å²) in [6, 6.07) is 0.0347. The van der Waals surface area contributed by atoms with Crippen molar-refractivity contribution < 1.29 is 8.78 Å². The summed E-state index contributed by atoms with van der Waals surface area (Å²) in [6.45, 7) is 0. The van der Waals surface area contributed by atoms with Crippen molar-refractivity contribution in [2.75, 3.05) is 10.7 Å². The molecule has 5 nitrogen and oxygen atoms in total. The molecule has 3 rings (SSSR count). The second-order valence-electron chi connectivity index (χ2n) is 4.94. The molecule has 104 valence electrons. The van der Waals surface area contributed by atoms with Crippen LogP contribution in [-0.4, -0.2) is 21.9 Å². The van der Waals surface area contributed by atoms with Gasteiger partial charge in [-0.25, -0.2) is 24.2 Å². The van der Waals surface area contributed by atoms with Gasteiger partial charge in [0.05, 0.1) is 5.56 Å². The monoisotopic (exact) mass is 381 g/mol. The lowest BCUT2D eigenvalue weighted by Gasteiger charge is -2.35. The lowest BCUT2D eigenvalue weighted by Crippen LogP contribution is -2.46. The van der Waals surface area contributed by atoms with Gasteiger partial charge in [0, 0.05) is 18.9 Å². The minimum atomic E-state index is -2.52. The summed E-state index contributed by atoms with van der Waals surface area (Å²) in [7, 11) is 0. The van der Waals surface area contributed by atoms with E-state index >= 15 is 0 Å². The van der Waals surface area contributed by atoms with Crippen molar-refractivity contribution in [2.24, 2.45) is 0 Å². The molecule has 0 amide bonds. The number of hydrogen-bond acceptors (Lipinski definition) is 5. The van der Waals surface area contributed by atoms with Gasteiger partial charge in [0.2, 0.25) is 5.92 Å². The Morgan fingerprint density at radius 2 is 2.05 bits per heavy atom. The van der Waals surface area contributed by atoms with Crippen LogP contribution in [0.4, 0.5) is 20.4 Å². The number of hydrazine groups is 1. The first-order valence-corrected chi connectivity index (χ1v) is 7.40. The first kappa shape index (κ1) is 13.2. The van der Waals surface area contributed by atoms with Gasteiger partial charge >= 0.3 is 0 Å². The topological polar surface area (TPSA) is 67.1 Å². The Morgan fingerprint density at radius 1 is 1.37 bits per heavy atom. The van der Waals surface area contributed by atoms with Gasteiger partial charge < -0.3 is 5.73 Å². The summed E-state index contributed by atoms with van der Waals surface area (Å²) < 4.78 is 26.4. The van der Waals surface area contributed by atoms with E-state index in [-0.39, 0.29) is 22.9 Å². The molecule has 19 heavy (non-hydrogen) atoms. The minimum Gasteiger partial charge on any atom is -0.383 e. The molecular formula is C11H14F2IN5. The molecule has 2 heterocycles. The highest BCUT2D eigenvalue weighted by Gasteiger charge is 2.41. The third-order valence-electron chi connectivity index (χ3n) is 3.68. The zero-order chi connectivity index (χ0) is 13.6. The van der Waals surface area contributed by atoms with Crippen LogP contribution in [0.1, 0.15) is 35.3 Å². The van der Waals surface area contributed by atoms with Crippen LogP contribution >= 0.6 is 22.6 Å². The van der Waals surface area contributed by atoms with Crippen LogP contribution in [0, 0.1) is 0 Å². The molecule has 0 saturated heterocycles. The van der Waals surface area contributed by atoms with E-state index in [1.165, 1.54) is 6.33 Å². The van der Waals surface area contributed by atoms with Crippen molar-refractivity contribution in [1.29, 1.82) is 0 Å². The van der Waals surface area contributed by atoms with Crippen LogP contribution in [0.25, 0.3) is 0 Å². The second-order valence-corrected chi connectivity index (χ2v) is 6.19. The van der Waals surface area contributed by atoms with Crippen LogP contribution < -0.4 is 16.2 Å². The Morgan fingerprint density at radius 3 is 2.74 bits per heavy atom. The maximum absolute atomic E-state index is 13.2. The van der Waals surface area contributed by atoms with E-state index in [9.17, 15) is 8.78 Å². The molecule has 1 aliphatic heterocycles. The number of halogens is 3. The summed E-state index contributed by atoms with van der Waals surface area (Å²) in [5.74, 6) is -1.35. The number of aromatic nitrogens is 2. The van der Waals surface area contributed by atoms with E-state index in [2.05, 4.69) is 38.0 Å². The van der Waals surface area contributed by atoms with Gasteiger partial charge in [0.1, 0.15) is 16.2 Å². The van der Waals surface area contributed by atoms with E-state index < -0.39 is 5.92 Å². The summed E-state index contributed by atoms with van der Waals surface area (Å²) in [4.78, 5) is 8.22. The number of nitrogen functional groups attached to an aromatic ring is 1. The summed E-state index contributed by atoms with van der Waals surface area (Å²) in [5, 5.41) is 1.89. The molecular weight excluding hydrogens is 367 g/mol. The number of nitrogens with one attached hydrogen (secondary N) is 1. The first-order valence-electron chi connectivity index (χ1n) is 6.15. The highest BCUT2D eigenvalue weighted by molar-refractivity contribution is 14.1. The number of hydrogen-bond donors (Lipinski definition) is 2. The molecule has 2 aliphatic rings. The van der Waals surface area contributed by atoms with Gasteiger partial charge in [-0.2, -0.15) is 0 Å². The molecule has 0 aromatic carbocycles. The highest BCUT2D eigenvalue weighted by Crippen LogP contribution is 2.42. The third-order valence-corrected chi connectivity index (χ3v) is 4.58. The average molecular weight is 381 g/mol. The Balaban J connectivity index is 1.84. The van der Waals surface area contributed by atoms with E-state index in [0.717, 1.165) is 11.4 Å². The van der Waals surface area contributed by atoms with Crippen molar-refractivity contribution in [2.45, 2.75) is 41.7 Å². The molecule has 1 saturated carbocycles. The normalized spacial score (nSPS) is 26.5. The Hall–Kier alpha value is -0.770. The van der Waals surface area contributed by atoms with E-state index in [1.54, 1.807) is 0 Å². The SMILES string of the molecule is Nc1ncnc2c1C(I)NN2C1CCC(F)(F)CC1. The van der Waals surface area contributed by atoms with Crippen LogP contribution in [0.15, 0.2) is 6.33 Å². The maximum atomic E-state index is 13.2. The largest absolute Gasteiger partial charge is 0.383 e. The van der Waals surface area contributed by atoms with Crippen molar-refractivity contribution >= 4 is 34.2 Å². The summed E-state index contributed by atoms with van der Waals surface area (Å²) in [6.07, 6.45) is 2.17. The lowest BCUT2D eigenvalue weighted by atomic mass is 9.92. The van der Waals surface area contributed by atoms with E-state index in [4.69, 9.17) is 5.73 Å². The molecule has 1 aromatic rings. The van der Waals surface area contributed by atoms with Crippen molar-refractivity contribution in [3.05, 3.63) is 11.9 Å². The molecule has 1 aliphatic carbocycles. The molecule has 8 heteroatoms. The van der Waals surface area contributed by atoms with Crippen molar-refractivity contribution in [3.63, 3.8) is 0 Å². The highest BCUT2D eigenvalue weighted by atomic mass is 127. The van der Waals surface area contributed by atoms with Crippen molar-refractivity contribution in [3.8, 4) is 0 Å². The third kappa shape index (κ3) is 2.35. The van der Waals surface area contributed by atoms with Crippen LogP contribution in [0.2, 0.25) is 0 Å². The smallest absolute Gasteiger partial charge is 0.248 e. The maximum Gasteiger partial charge on any atom is 0.248 e. The fourth-order valence-corrected chi connectivity index (χ4v) is 3.54. The molecule has 0 bridgehead atoms. The van der Waals surface area contributed by atoms with E-state index in [1.807, 2.05) is 5.01 Å². The van der Waals surface area contributed by atoms with Gasteiger partial charge in [0.15, 0.2) is 5.82 Å². The molecule has 1 atom stereocenters. The zero-order valence-electron chi connectivity index (χ0n) is 10.1. The molecule has 3 N–H and O–H groups in total. The molecule has 1 fully saturated rings. The predicted molar refractivity (Wildman–Crippen MR) is 76.0 cm³/mol. The van der Waals surface area contributed by atoms with Crippen molar-refractivity contribution in [1.82, 2.24) is 15.4 Å².